The zero-order chi connectivity index (χ0) is 16.4. The van der Waals surface area contributed by atoms with Crippen LogP contribution in [0.15, 0.2) is 48.7 Å². The number of hydrogen-bond donors (Lipinski definition) is 1. The Morgan fingerprint density at radius 1 is 1.13 bits per heavy atom. The van der Waals surface area contributed by atoms with Crippen LogP contribution in [0, 0.1) is 19.7 Å². The van der Waals surface area contributed by atoms with Crippen LogP contribution < -0.4 is 5.32 Å². The lowest BCUT2D eigenvalue weighted by Gasteiger charge is -2.04. The third-order valence-electron chi connectivity index (χ3n) is 3.49. The molecule has 0 bridgehead atoms. The van der Waals surface area contributed by atoms with Gasteiger partial charge >= 0.3 is 0 Å². The molecule has 3 aromatic rings. The summed E-state index contributed by atoms with van der Waals surface area (Å²) in [7, 11) is 0. The molecule has 116 valence electrons. The molecule has 0 radical (unpaired) electrons. The standard InChI is InChI=1S/C18H15FN2OS/c1-11-3-4-12(2)15(9-11)16-10-20-18(23-16)21-17(22)13-5-7-14(19)8-6-13/h3-10H,1-2H3,(H,20,21,22). The molecule has 0 fully saturated rings. The van der Waals surface area contributed by atoms with E-state index in [0.717, 1.165) is 16.0 Å². The number of nitrogens with zero attached hydrogens (tertiary/aromatic N) is 1. The number of thiazole rings is 1. The molecular weight excluding hydrogens is 311 g/mol. The molecule has 0 unspecified atom stereocenters. The third-order valence-corrected chi connectivity index (χ3v) is 4.44. The minimum absolute atomic E-state index is 0.299. The minimum atomic E-state index is -0.368. The zero-order valence-electron chi connectivity index (χ0n) is 12.8. The van der Waals surface area contributed by atoms with Crippen LogP contribution in [0.1, 0.15) is 21.5 Å². The second-order valence-electron chi connectivity index (χ2n) is 5.31. The SMILES string of the molecule is Cc1ccc(C)c(-c2cnc(NC(=O)c3ccc(F)cc3)s2)c1. The predicted octanol–water partition coefficient (Wildman–Crippen LogP) is 4.82. The number of anilines is 1. The van der Waals surface area contributed by atoms with Crippen molar-refractivity contribution in [1.29, 1.82) is 0 Å². The number of carbonyl (C=O) groups excluding carboxylic acids is 1. The van der Waals surface area contributed by atoms with Gasteiger partial charge in [-0.2, -0.15) is 0 Å². The van der Waals surface area contributed by atoms with Crippen LogP contribution in [0.4, 0.5) is 9.52 Å². The average molecular weight is 326 g/mol. The Hall–Kier alpha value is -2.53. The first kappa shape index (κ1) is 15.4. The van der Waals surface area contributed by atoms with Crippen molar-refractivity contribution >= 4 is 22.4 Å². The lowest BCUT2D eigenvalue weighted by atomic mass is 10.1. The molecule has 1 heterocycles. The number of benzene rings is 2. The Labute approximate surface area is 137 Å². The fourth-order valence-corrected chi connectivity index (χ4v) is 3.12. The van der Waals surface area contributed by atoms with E-state index in [2.05, 4.69) is 28.5 Å². The van der Waals surface area contributed by atoms with E-state index in [0.29, 0.717) is 10.7 Å². The van der Waals surface area contributed by atoms with Gasteiger partial charge in [0.1, 0.15) is 5.82 Å². The first-order valence-corrected chi connectivity index (χ1v) is 7.95. The summed E-state index contributed by atoms with van der Waals surface area (Å²) in [5, 5.41) is 3.27. The van der Waals surface area contributed by atoms with Crippen molar-refractivity contribution in [3.8, 4) is 10.4 Å². The van der Waals surface area contributed by atoms with Gasteiger partial charge in [0.15, 0.2) is 5.13 Å². The van der Waals surface area contributed by atoms with E-state index in [1.807, 2.05) is 13.8 Å². The average Bonchev–Trinajstić information content (AvgIpc) is 2.98. The van der Waals surface area contributed by atoms with Gasteiger partial charge in [0, 0.05) is 11.8 Å². The first-order chi connectivity index (χ1) is 11.0. The second-order valence-corrected chi connectivity index (χ2v) is 6.34. The molecule has 23 heavy (non-hydrogen) atoms. The predicted molar refractivity (Wildman–Crippen MR) is 91.4 cm³/mol. The van der Waals surface area contributed by atoms with E-state index < -0.39 is 0 Å². The van der Waals surface area contributed by atoms with Gasteiger partial charge in [0.05, 0.1) is 4.88 Å². The molecule has 0 atom stereocenters. The van der Waals surface area contributed by atoms with E-state index >= 15 is 0 Å². The molecule has 0 saturated carbocycles. The molecule has 2 aromatic carbocycles. The van der Waals surface area contributed by atoms with Gasteiger partial charge in [-0.15, -0.1) is 0 Å². The number of halogens is 1. The summed E-state index contributed by atoms with van der Waals surface area (Å²) in [6.45, 7) is 4.09. The van der Waals surface area contributed by atoms with E-state index in [9.17, 15) is 9.18 Å². The molecule has 0 saturated heterocycles. The number of carbonyl (C=O) groups is 1. The van der Waals surface area contributed by atoms with Crippen molar-refractivity contribution in [2.24, 2.45) is 0 Å². The molecule has 3 rings (SSSR count). The summed E-state index contributed by atoms with van der Waals surface area (Å²) in [5.74, 6) is -0.667. The molecular formula is C18H15FN2OS. The van der Waals surface area contributed by atoms with Gasteiger partial charge in [-0.1, -0.05) is 35.1 Å². The summed E-state index contributed by atoms with van der Waals surface area (Å²) in [6.07, 6.45) is 1.76. The Balaban J connectivity index is 1.81. The third kappa shape index (κ3) is 3.46. The molecule has 1 amide bonds. The number of hydrogen-bond acceptors (Lipinski definition) is 3. The van der Waals surface area contributed by atoms with E-state index in [-0.39, 0.29) is 11.7 Å². The maximum absolute atomic E-state index is 12.9. The minimum Gasteiger partial charge on any atom is -0.298 e. The van der Waals surface area contributed by atoms with Crippen LogP contribution in [-0.2, 0) is 0 Å². The highest BCUT2D eigenvalue weighted by Gasteiger charge is 2.11. The molecule has 0 aliphatic carbocycles. The molecule has 5 heteroatoms. The van der Waals surface area contributed by atoms with Crippen LogP contribution in [0.2, 0.25) is 0 Å². The Morgan fingerprint density at radius 2 is 1.87 bits per heavy atom. The maximum atomic E-state index is 12.9. The molecule has 0 aliphatic rings. The fourth-order valence-electron chi connectivity index (χ4n) is 2.23. The van der Waals surface area contributed by atoms with E-state index in [1.165, 1.54) is 41.2 Å². The summed E-state index contributed by atoms with van der Waals surface area (Å²) in [5.41, 5.74) is 3.85. The molecule has 3 nitrogen and oxygen atoms in total. The van der Waals surface area contributed by atoms with E-state index in [1.54, 1.807) is 6.20 Å². The number of rotatable bonds is 3. The van der Waals surface area contributed by atoms with Crippen LogP contribution in [-0.4, -0.2) is 10.9 Å². The van der Waals surface area contributed by atoms with Crippen LogP contribution in [0.3, 0.4) is 0 Å². The highest BCUT2D eigenvalue weighted by molar-refractivity contribution is 7.19. The smallest absolute Gasteiger partial charge is 0.257 e. The highest BCUT2D eigenvalue weighted by Crippen LogP contribution is 2.32. The van der Waals surface area contributed by atoms with Crippen molar-refractivity contribution in [2.75, 3.05) is 5.32 Å². The van der Waals surface area contributed by atoms with Gasteiger partial charge in [0.25, 0.3) is 5.91 Å². The van der Waals surface area contributed by atoms with Gasteiger partial charge in [-0.3, -0.25) is 10.1 Å². The van der Waals surface area contributed by atoms with Crippen molar-refractivity contribution < 1.29 is 9.18 Å². The summed E-state index contributed by atoms with van der Waals surface area (Å²) in [4.78, 5) is 17.4. The highest BCUT2D eigenvalue weighted by atomic mass is 32.1. The maximum Gasteiger partial charge on any atom is 0.257 e. The van der Waals surface area contributed by atoms with Crippen LogP contribution >= 0.6 is 11.3 Å². The lowest BCUT2D eigenvalue weighted by Crippen LogP contribution is -2.11. The number of nitrogens with one attached hydrogen (secondary N) is 1. The van der Waals surface area contributed by atoms with E-state index in [4.69, 9.17) is 0 Å². The molecule has 0 aliphatic heterocycles. The number of aromatic nitrogens is 1. The molecule has 1 N–H and O–H groups in total. The Kier molecular flexibility index (Phi) is 4.21. The summed E-state index contributed by atoms with van der Waals surface area (Å²) >= 11 is 1.42. The van der Waals surface area contributed by atoms with Gasteiger partial charge < -0.3 is 0 Å². The van der Waals surface area contributed by atoms with Crippen molar-refractivity contribution in [2.45, 2.75) is 13.8 Å². The van der Waals surface area contributed by atoms with Crippen LogP contribution in [0.25, 0.3) is 10.4 Å². The largest absolute Gasteiger partial charge is 0.298 e. The Bertz CT molecular complexity index is 856. The summed E-state index contributed by atoms with van der Waals surface area (Å²) in [6, 6.07) is 11.7. The first-order valence-electron chi connectivity index (χ1n) is 7.13. The van der Waals surface area contributed by atoms with Crippen LogP contribution in [0.5, 0.6) is 0 Å². The van der Waals surface area contributed by atoms with Crippen molar-refractivity contribution in [3.05, 3.63) is 71.2 Å². The number of aryl methyl sites for hydroxylation is 2. The van der Waals surface area contributed by atoms with Crippen molar-refractivity contribution in [3.63, 3.8) is 0 Å². The zero-order valence-corrected chi connectivity index (χ0v) is 13.6. The fraction of sp³-hybridized carbons (Fsp3) is 0.111. The summed E-state index contributed by atoms with van der Waals surface area (Å²) < 4.78 is 12.9. The second kappa shape index (κ2) is 6.30. The number of amides is 1. The van der Waals surface area contributed by atoms with Gasteiger partial charge in [0.2, 0.25) is 0 Å². The van der Waals surface area contributed by atoms with Gasteiger partial charge in [-0.25, -0.2) is 9.37 Å². The van der Waals surface area contributed by atoms with Gasteiger partial charge in [-0.05, 0) is 49.2 Å². The normalized spacial score (nSPS) is 10.6. The topological polar surface area (TPSA) is 42.0 Å². The molecule has 1 aromatic heterocycles. The monoisotopic (exact) mass is 326 g/mol. The quantitative estimate of drug-likeness (QED) is 0.750. The molecule has 0 spiro atoms. The van der Waals surface area contributed by atoms with Crippen molar-refractivity contribution in [1.82, 2.24) is 4.98 Å². The Morgan fingerprint density at radius 3 is 2.61 bits per heavy atom. The lowest BCUT2D eigenvalue weighted by molar-refractivity contribution is 0.102.